The van der Waals surface area contributed by atoms with Crippen LogP contribution in [0.2, 0.25) is 0 Å². The molecule has 3 rings (SSSR count). The molecule has 1 aliphatic carbocycles. The smallest absolute Gasteiger partial charge is 0.252 e. The van der Waals surface area contributed by atoms with E-state index < -0.39 is 0 Å². The second-order valence-corrected chi connectivity index (χ2v) is 7.29. The first-order valence-corrected chi connectivity index (χ1v) is 9.84. The third kappa shape index (κ3) is 5.32. The lowest BCUT2D eigenvalue weighted by molar-refractivity contribution is -0.121. The van der Waals surface area contributed by atoms with Crippen molar-refractivity contribution in [1.82, 2.24) is 25.8 Å². The van der Waals surface area contributed by atoms with Gasteiger partial charge in [0.1, 0.15) is 6.33 Å². The van der Waals surface area contributed by atoms with E-state index in [1.807, 2.05) is 18.2 Å². The lowest BCUT2D eigenvalue weighted by atomic mass is 9.95. The Kier molecular flexibility index (Phi) is 6.65. The summed E-state index contributed by atoms with van der Waals surface area (Å²) in [7, 11) is 0. The number of hydrogen-bond donors (Lipinski definition) is 3. The summed E-state index contributed by atoms with van der Waals surface area (Å²) in [5, 5.41) is 13.0. The normalized spacial score (nSPS) is 14.8. The van der Waals surface area contributed by atoms with Crippen LogP contribution < -0.4 is 10.6 Å². The number of benzene rings is 1. The number of carbonyl (C=O) groups is 2. The molecule has 1 fully saturated rings. The number of aromatic nitrogens is 3. The van der Waals surface area contributed by atoms with Gasteiger partial charge >= 0.3 is 0 Å². The maximum absolute atomic E-state index is 12.5. The first-order valence-electron chi connectivity index (χ1n) is 8.86. The Balaban J connectivity index is 1.51. The Morgan fingerprint density at radius 3 is 2.77 bits per heavy atom. The van der Waals surface area contributed by atoms with Crippen molar-refractivity contribution in [3.05, 3.63) is 41.7 Å². The highest BCUT2D eigenvalue weighted by molar-refractivity contribution is 7.98. The summed E-state index contributed by atoms with van der Waals surface area (Å²) in [6.07, 6.45) is 7.07. The molecular weight excluding hydrogens is 350 g/mol. The van der Waals surface area contributed by atoms with Gasteiger partial charge in [-0.3, -0.25) is 14.7 Å². The van der Waals surface area contributed by atoms with Gasteiger partial charge in [-0.25, -0.2) is 4.98 Å². The van der Waals surface area contributed by atoms with E-state index in [-0.39, 0.29) is 24.4 Å². The monoisotopic (exact) mass is 373 g/mol. The Morgan fingerprint density at radius 1 is 1.19 bits per heavy atom. The molecule has 1 heterocycles. The number of amides is 2. The standard InChI is InChI=1S/C18H23N5O2S/c24-16(22-14-7-2-1-3-8-14)10-19-17(25)15-9-5-4-6-13(15)11-26-18-20-12-21-23-18/h4-6,9,12,14H,1-3,7-8,10-11H2,(H,19,25)(H,22,24)(H,20,21,23). The van der Waals surface area contributed by atoms with Gasteiger partial charge in [0, 0.05) is 17.4 Å². The maximum atomic E-state index is 12.5. The third-order valence-electron chi connectivity index (χ3n) is 4.40. The van der Waals surface area contributed by atoms with Crippen LogP contribution in [-0.2, 0) is 10.5 Å². The summed E-state index contributed by atoms with van der Waals surface area (Å²) >= 11 is 1.47. The number of carbonyl (C=O) groups excluding carboxylic acids is 2. The van der Waals surface area contributed by atoms with Gasteiger partial charge in [-0.15, -0.1) is 0 Å². The zero-order chi connectivity index (χ0) is 18.2. The molecule has 2 amide bonds. The van der Waals surface area contributed by atoms with Crippen LogP contribution in [0.1, 0.15) is 48.0 Å². The first-order chi connectivity index (χ1) is 12.7. The Hall–Kier alpha value is -2.35. The summed E-state index contributed by atoms with van der Waals surface area (Å²) in [5.74, 6) is 0.226. The largest absolute Gasteiger partial charge is 0.352 e. The minimum absolute atomic E-state index is 0.00108. The quantitative estimate of drug-likeness (QED) is 0.647. The molecule has 1 aromatic carbocycles. The Morgan fingerprint density at radius 2 is 2.00 bits per heavy atom. The molecule has 1 aliphatic rings. The molecule has 0 radical (unpaired) electrons. The molecule has 1 saturated carbocycles. The van der Waals surface area contributed by atoms with E-state index in [2.05, 4.69) is 25.8 Å². The zero-order valence-corrected chi connectivity index (χ0v) is 15.3. The number of rotatable bonds is 7. The first kappa shape index (κ1) is 18.4. The van der Waals surface area contributed by atoms with Crippen LogP contribution in [-0.4, -0.2) is 39.6 Å². The molecule has 0 aliphatic heterocycles. The Bertz CT molecular complexity index is 729. The van der Waals surface area contributed by atoms with Crippen LogP contribution in [0.4, 0.5) is 0 Å². The van der Waals surface area contributed by atoms with Gasteiger partial charge in [0.25, 0.3) is 5.91 Å². The number of aromatic amines is 1. The van der Waals surface area contributed by atoms with Crippen molar-refractivity contribution >= 4 is 23.6 Å². The molecule has 0 saturated heterocycles. The fraction of sp³-hybridized carbons (Fsp3) is 0.444. The van der Waals surface area contributed by atoms with Crippen molar-refractivity contribution in [1.29, 1.82) is 0 Å². The van der Waals surface area contributed by atoms with Crippen LogP contribution in [0.5, 0.6) is 0 Å². The fourth-order valence-electron chi connectivity index (χ4n) is 3.06. The lowest BCUT2D eigenvalue weighted by Gasteiger charge is -2.22. The van der Waals surface area contributed by atoms with Crippen molar-refractivity contribution in [3.63, 3.8) is 0 Å². The van der Waals surface area contributed by atoms with Gasteiger partial charge in [-0.1, -0.05) is 49.2 Å². The van der Waals surface area contributed by atoms with Crippen molar-refractivity contribution in [2.24, 2.45) is 0 Å². The van der Waals surface area contributed by atoms with E-state index in [1.165, 1.54) is 24.5 Å². The molecule has 26 heavy (non-hydrogen) atoms. The molecule has 0 unspecified atom stereocenters. The number of thioether (sulfide) groups is 1. The molecule has 0 bridgehead atoms. The number of nitrogens with zero attached hydrogens (tertiary/aromatic N) is 2. The van der Waals surface area contributed by atoms with E-state index in [0.29, 0.717) is 16.5 Å². The van der Waals surface area contributed by atoms with Crippen LogP contribution in [0.15, 0.2) is 35.7 Å². The SMILES string of the molecule is O=C(CNC(=O)c1ccccc1CSc1ncn[nH]1)NC1CCCCC1. The number of nitrogens with one attached hydrogen (secondary N) is 3. The number of hydrogen-bond acceptors (Lipinski definition) is 5. The predicted octanol–water partition coefficient (Wildman–Crippen LogP) is 2.28. The van der Waals surface area contributed by atoms with Gasteiger partial charge < -0.3 is 10.6 Å². The van der Waals surface area contributed by atoms with Gasteiger partial charge in [0.15, 0.2) is 5.16 Å². The molecule has 2 aromatic rings. The fourth-order valence-corrected chi connectivity index (χ4v) is 3.84. The van der Waals surface area contributed by atoms with Crippen LogP contribution >= 0.6 is 11.8 Å². The minimum atomic E-state index is -0.238. The van der Waals surface area contributed by atoms with Crippen molar-refractivity contribution in [2.45, 2.75) is 49.1 Å². The van der Waals surface area contributed by atoms with Crippen LogP contribution in [0.3, 0.4) is 0 Å². The van der Waals surface area contributed by atoms with Crippen LogP contribution in [0, 0.1) is 0 Å². The maximum Gasteiger partial charge on any atom is 0.252 e. The van der Waals surface area contributed by atoms with Crippen molar-refractivity contribution < 1.29 is 9.59 Å². The van der Waals surface area contributed by atoms with Crippen LogP contribution in [0.25, 0.3) is 0 Å². The molecule has 138 valence electrons. The highest BCUT2D eigenvalue weighted by Crippen LogP contribution is 2.21. The highest BCUT2D eigenvalue weighted by atomic mass is 32.2. The van der Waals surface area contributed by atoms with Gasteiger partial charge in [0.05, 0.1) is 6.54 Å². The average Bonchev–Trinajstić information content (AvgIpc) is 3.19. The predicted molar refractivity (Wildman–Crippen MR) is 99.7 cm³/mol. The Labute approximate surface area is 156 Å². The molecule has 8 heteroatoms. The second-order valence-electron chi connectivity index (χ2n) is 6.32. The summed E-state index contributed by atoms with van der Waals surface area (Å²) in [5.41, 5.74) is 1.46. The molecule has 0 atom stereocenters. The molecule has 0 spiro atoms. The van der Waals surface area contributed by atoms with Gasteiger partial charge in [-0.2, -0.15) is 5.10 Å². The highest BCUT2D eigenvalue weighted by Gasteiger charge is 2.17. The minimum Gasteiger partial charge on any atom is -0.352 e. The molecular formula is C18H23N5O2S. The summed E-state index contributed by atoms with van der Waals surface area (Å²) in [6, 6.07) is 7.63. The van der Waals surface area contributed by atoms with E-state index in [1.54, 1.807) is 6.07 Å². The van der Waals surface area contributed by atoms with Crippen molar-refractivity contribution in [3.8, 4) is 0 Å². The summed E-state index contributed by atoms with van der Waals surface area (Å²) in [4.78, 5) is 28.6. The molecule has 3 N–H and O–H groups in total. The van der Waals surface area contributed by atoms with E-state index in [9.17, 15) is 9.59 Å². The van der Waals surface area contributed by atoms with E-state index in [4.69, 9.17) is 0 Å². The number of H-pyrrole nitrogens is 1. The third-order valence-corrected chi connectivity index (χ3v) is 5.32. The average molecular weight is 373 g/mol. The zero-order valence-electron chi connectivity index (χ0n) is 14.5. The lowest BCUT2D eigenvalue weighted by Crippen LogP contribution is -2.42. The second kappa shape index (κ2) is 9.38. The summed E-state index contributed by atoms with van der Waals surface area (Å²) < 4.78 is 0. The van der Waals surface area contributed by atoms with E-state index in [0.717, 1.165) is 31.2 Å². The van der Waals surface area contributed by atoms with Gasteiger partial charge in [-0.05, 0) is 24.5 Å². The topological polar surface area (TPSA) is 99.8 Å². The molecule has 1 aromatic heterocycles. The van der Waals surface area contributed by atoms with E-state index >= 15 is 0 Å². The van der Waals surface area contributed by atoms with Crippen molar-refractivity contribution in [2.75, 3.05) is 6.54 Å². The summed E-state index contributed by atoms with van der Waals surface area (Å²) in [6.45, 7) is -0.00108. The molecule has 7 nitrogen and oxygen atoms in total. The van der Waals surface area contributed by atoms with Gasteiger partial charge in [0.2, 0.25) is 5.91 Å².